The molecule has 0 saturated heterocycles. The highest BCUT2D eigenvalue weighted by Gasteiger charge is 2.33. The normalized spacial score (nSPS) is 20.0. The molecule has 0 radical (unpaired) electrons. The van der Waals surface area contributed by atoms with E-state index in [0.29, 0.717) is 12.1 Å². The summed E-state index contributed by atoms with van der Waals surface area (Å²) in [5.41, 5.74) is 3.09. The lowest BCUT2D eigenvalue weighted by atomic mass is 9.86. The van der Waals surface area contributed by atoms with Crippen molar-refractivity contribution in [2.75, 3.05) is 5.32 Å². The number of nitrogens with zero attached hydrogens (tertiary/aromatic N) is 4. The average molecular weight is 349 g/mol. The predicted molar refractivity (Wildman–Crippen MR) is 102 cm³/mol. The van der Waals surface area contributed by atoms with E-state index in [0.717, 1.165) is 46.9 Å². The summed E-state index contributed by atoms with van der Waals surface area (Å²) in [6, 6.07) is 13.2. The van der Waals surface area contributed by atoms with Gasteiger partial charge in [0.25, 0.3) is 0 Å². The second-order valence-corrected chi connectivity index (χ2v) is 7.58. The Labute approximate surface area is 149 Å². The summed E-state index contributed by atoms with van der Waals surface area (Å²) in [6.07, 6.45) is 4.97. The highest BCUT2D eigenvalue weighted by molar-refractivity contribution is 7.22. The van der Waals surface area contributed by atoms with Crippen LogP contribution in [0.15, 0.2) is 42.6 Å². The van der Waals surface area contributed by atoms with Gasteiger partial charge < -0.3 is 9.88 Å². The first-order valence-electron chi connectivity index (χ1n) is 8.75. The smallest absolute Gasteiger partial charge is 0.184 e. The van der Waals surface area contributed by atoms with E-state index in [1.807, 2.05) is 24.4 Å². The van der Waals surface area contributed by atoms with Crippen LogP contribution in [0.25, 0.3) is 21.4 Å². The second kappa shape index (κ2) is 5.81. The molecule has 1 aromatic carbocycles. The number of hydrogen-bond acceptors (Lipinski definition) is 5. The van der Waals surface area contributed by atoms with Crippen LogP contribution < -0.4 is 5.32 Å². The minimum absolute atomic E-state index is 0.469. The number of aryl methyl sites for hydroxylation is 1. The first-order valence-corrected chi connectivity index (χ1v) is 9.57. The molecule has 0 aliphatic heterocycles. The standard InChI is InChI=1S/C19H19N5S/c1-2-17-22-15-7-5-9-20-18(15)24(17)13-10-12(11-13)21-19-23-14-6-3-4-8-16(14)25-19/h3-9,12-13H,2,10-11H2,1H3,(H,21,23). The Kier molecular flexibility index (Phi) is 3.45. The van der Waals surface area contributed by atoms with Crippen LogP contribution in [0.4, 0.5) is 5.13 Å². The molecular formula is C19H19N5S. The first-order chi connectivity index (χ1) is 12.3. The van der Waals surface area contributed by atoms with Crippen LogP contribution in [0.2, 0.25) is 0 Å². The summed E-state index contributed by atoms with van der Waals surface area (Å²) in [4.78, 5) is 14.0. The fourth-order valence-corrected chi connectivity index (χ4v) is 4.58. The molecule has 1 saturated carbocycles. The zero-order valence-electron chi connectivity index (χ0n) is 14.0. The quantitative estimate of drug-likeness (QED) is 0.592. The monoisotopic (exact) mass is 349 g/mol. The number of imidazole rings is 1. The maximum absolute atomic E-state index is 4.74. The Morgan fingerprint density at radius 2 is 1.96 bits per heavy atom. The molecule has 0 bridgehead atoms. The van der Waals surface area contributed by atoms with Gasteiger partial charge in [0.2, 0.25) is 0 Å². The highest BCUT2D eigenvalue weighted by atomic mass is 32.1. The summed E-state index contributed by atoms with van der Waals surface area (Å²) in [5, 5.41) is 4.62. The first kappa shape index (κ1) is 14.8. The Bertz CT molecular complexity index is 1010. The average Bonchev–Trinajstić information content (AvgIpc) is 3.18. The molecule has 0 atom stereocenters. The number of aromatic nitrogens is 4. The van der Waals surface area contributed by atoms with E-state index in [2.05, 4.69) is 45.0 Å². The third-order valence-electron chi connectivity index (χ3n) is 4.94. The number of rotatable bonds is 4. The van der Waals surface area contributed by atoms with Gasteiger partial charge in [-0.25, -0.2) is 15.0 Å². The molecule has 1 aliphatic carbocycles. The molecule has 3 heterocycles. The Balaban J connectivity index is 1.35. The Hall–Kier alpha value is -2.47. The van der Waals surface area contributed by atoms with Crippen molar-refractivity contribution < 1.29 is 0 Å². The molecular weight excluding hydrogens is 330 g/mol. The van der Waals surface area contributed by atoms with E-state index in [1.54, 1.807) is 11.3 Å². The van der Waals surface area contributed by atoms with Crippen molar-refractivity contribution in [2.45, 2.75) is 38.3 Å². The minimum Gasteiger partial charge on any atom is -0.359 e. The Morgan fingerprint density at radius 1 is 1.12 bits per heavy atom. The highest BCUT2D eigenvalue weighted by Crippen LogP contribution is 2.38. The van der Waals surface area contributed by atoms with E-state index in [-0.39, 0.29) is 0 Å². The molecule has 5 rings (SSSR count). The van der Waals surface area contributed by atoms with Gasteiger partial charge in [0, 0.05) is 24.7 Å². The summed E-state index contributed by atoms with van der Waals surface area (Å²) in [5.74, 6) is 1.14. The lowest BCUT2D eigenvalue weighted by molar-refractivity contribution is 0.282. The summed E-state index contributed by atoms with van der Waals surface area (Å²) < 4.78 is 3.57. The zero-order chi connectivity index (χ0) is 16.8. The van der Waals surface area contributed by atoms with Gasteiger partial charge in [-0.3, -0.25) is 0 Å². The maximum Gasteiger partial charge on any atom is 0.184 e. The molecule has 0 spiro atoms. The number of fused-ring (bicyclic) bond motifs is 2. The van der Waals surface area contributed by atoms with E-state index in [1.165, 1.54) is 4.70 Å². The van der Waals surface area contributed by atoms with Gasteiger partial charge in [0.1, 0.15) is 11.3 Å². The van der Waals surface area contributed by atoms with Gasteiger partial charge in [-0.05, 0) is 37.1 Å². The lowest BCUT2D eigenvalue weighted by Gasteiger charge is -2.37. The van der Waals surface area contributed by atoms with Gasteiger partial charge in [0.05, 0.1) is 10.2 Å². The van der Waals surface area contributed by atoms with Crippen LogP contribution in [0.1, 0.15) is 31.6 Å². The van der Waals surface area contributed by atoms with Crippen LogP contribution in [0.5, 0.6) is 0 Å². The maximum atomic E-state index is 4.74. The summed E-state index contributed by atoms with van der Waals surface area (Å²) in [7, 11) is 0. The minimum atomic E-state index is 0.469. The van der Waals surface area contributed by atoms with E-state index in [9.17, 15) is 0 Å². The predicted octanol–water partition coefficient (Wildman–Crippen LogP) is 4.42. The van der Waals surface area contributed by atoms with Crippen molar-refractivity contribution in [1.82, 2.24) is 19.5 Å². The third-order valence-corrected chi connectivity index (χ3v) is 5.91. The number of nitrogens with one attached hydrogen (secondary N) is 1. The molecule has 0 amide bonds. The third kappa shape index (κ3) is 2.48. The molecule has 5 nitrogen and oxygen atoms in total. The summed E-state index contributed by atoms with van der Waals surface area (Å²) >= 11 is 1.73. The Morgan fingerprint density at radius 3 is 2.80 bits per heavy atom. The van der Waals surface area contributed by atoms with E-state index >= 15 is 0 Å². The van der Waals surface area contributed by atoms with Crippen molar-refractivity contribution in [2.24, 2.45) is 0 Å². The molecule has 1 N–H and O–H groups in total. The van der Waals surface area contributed by atoms with Gasteiger partial charge >= 0.3 is 0 Å². The number of pyridine rings is 1. The molecule has 1 aliphatic rings. The van der Waals surface area contributed by atoms with Crippen LogP contribution in [0, 0.1) is 0 Å². The van der Waals surface area contributed by atoms with Crippen molar-refractivity contribution in [1.29, 1.82) is 0 Å². The number of benzene rings is 1. The fourth-order valence-electron chi connectivity index (χ4n) is 3.63. The molecule has 126 valence electrons. The second-order valence-electron chi connectivity index (χ2n) is 6.55. The van der Waals surface area contributed by atoms with E-state index < -0.39 is 0 Å². The van der Waals surface area contributed by atoms with Crippen LogP contribution in [-0.2, 0) is 6.42 Å². The van der Waals surface area contributed by atoms with Gasteiger partial charge in [-0.2, -0.15) is 0 Å². The molecule has 4 aromatic rings. The number of para-hydroxylation sites is 1. The van der Waals surface area contributed by atoms with E-state index in [4.69, 9.17) is 4.98 Å². The topological polar surface area (TPSA) is 55.6 Å². The van der Waals surface area contributed by atoms with Gasteiger partial charge in [-0.1, -0.05) is 30.4 Å². The molecule has 1 fully saturated rings. The molecule has 6 heteroatoms. The van der Waals surface area contributed by atoms with Crippen LogP contribution >= 0.6 is 11.3 Å². The van der Waals surface area contributed by atoms with Crippen LogP contribution in [0.3, 0.4) is 0 Å². The number of hydrogen-bond donors (Lipinski definition) is 1. The lowest BCUT2D eigenvalue weighted by Crippen LogP contribution is -2.37. The molecule has 3 aromatic heterocycles. The van der Waals surface area contributed by atoms with Crippen molar-refractivity contribution >= 4 is 37.8 Å². The fraction of sp³-hybridized carbons (Fsp3) is 0.316. The van der Waals surface area contributed by atoms with Crippen molar-refractivity contribution in [3.63, 3.8) is 0 Å². The largest absolute Gasteiger partial charge is 0.359 e. The number of thiazole rings is 1. The van der Waals surface area contributed by atoms with Gasteiger partial charge in [-0.15, -0.1) is 0 Å². The summed E-state index contributed by atoms with van der Waals surface area (Å²) in [6.45, 7) is 2.16. The molecule has 25 heavy (non-hydrogen) atoms. The van der Waals surface area contributed by atoms with Crippen molar-refractivity contribution in [3.05, 3.63) is 48.4 Å². The van der Waals surface area contributed by atoms with Gasteiger partial charge in [0.15, 0.2) is 10.8 Å². The SMILES string of the molecule is CCc1nc2cccnc2n1C1CC(Nc2nc3ccccc3s2)C1. The zero-order valence-corrected chi connectivity index (χ0v) is 14.8. The molecule has 0 unspecified atom stereocenters. The number of anilines is 1. The van der Waals surface area contributed by atoms with Crippen LogP contribution in [-0.4, -0.2) is 25.6 Å². The van der Waals surface area contributed by atoms with Crippen molar-refractivity contribution in [3.8, 4) is 0 Å².